The van der Waals surface area contributed by atoms with Gasteiger partial charge in [-0.3, -0.25) is 4.79 Å². The molecule has 1 unspecified atom stereocenters. The van der Waals surface area contributed by atoms with E-state index in [2.05, 4.69) is 86.8 Å². The summed E-state index contributed by atoms with van der Waals surface area (Å²) in [5.41, 5.74) is 0. The van der Waals surface area contributed by atoms with E-state index in [1.165, 1.54) is 148 Å². The first-order valence-electron chi connectivity index (χ1n) is 25.5. The predicted octanol–water partition coefficient (Wildman–Crippen LogP) is 17.3. The van der Waals surface area contributed by atoms with Crippen LogP contribution >= 0.6 is 0 Å². The number of unbranched alkanes of at least 4 members (excludes halogenated alkanes) is 27. The van der Waals surface area contributed by atoms with Gasteiger partial charge in [0.1, 0.15) is 6.10 Å². The lowest BCUT2D eigenvalue weighted by atomic mass is 10.0. The smallest absolute Gasteiger partial charge is 0.306 e. The molecule has 0 radical (unpaired) electrons. The third-order valence-corrected chi connectivity index (χ3v) is 11.0. The van der Waals surface area contributed by atoms with Crippen LogP contribution in [0.3, 0.4) is 0 Å². The molecule has 0 saturated carbocycles. The molecule has 4 nitrogen and oxygen atoms in total. The summed E-state index contributed by atoms with van der Waals surface area (Å²) in [6.07, 6.45) is 71.4. The first-order chi connectivity index (χ1) is 29.2. The first-order valence-corrected chi connectivity index (χ1v) is 25.5. The summed E-state index contributed by atoms with van der Waals surface area (Å²) in [7, 11) is 0. The van der Waals surface area contributed by atoms with Crippen LogP contribution in [0.5, 0.6) is 0 Å². The molecule has 342 valence electrons. The number of carbonyl (C=O) groups excluding carboxylic acids is 1. The van der Waals surface area contributed by atoms with E-state index in [-0.39, 0.29) is 19.2 Å². The van der Waals surface area contributed by atoms with Crippen LogP contribution in [-0.4, -0.2) is 37.0 Å². The maximum atomic E-state index is 12.3. The van der Waals surface area contributed by atoms with Crippen LogP contribution in [-0.2, 0) is 14.3 Å². The molecule has 59 heavy (non-hydrogen) atoms. The van der Waals surface area contributed by atoms with E-state index in [1.807, 2.05) is 0 Å². The number of hydrogen-bond acceptors (Lipinski definition) is 4. The number of rotatable bonds is 47. The van der Waals surface area contributed by atoms with Gasteiger partial charge in [0, 0.05) is 13.0 Å². The Hall–Kier alpha value is -2.17. The minimum Gasteiger partial charge on any atom is -0.457 e. The molecular formula is C55H98O4. The van der Waals surface area contributed by atoms with E-state index in [0.717, 1.165) is 77.0 Å². The fourth-order valence-corrected chi connectivity index (χ4v) is 7.27. The van der Waals surface area contributed by atoms with Crippen molar-refractivity contribution in [3.05, 3.63) is 72.9 Å². The fourth-order valence-electron chi connectivity index (χ4n) is 7.27. The molecule has 0 aliphatic rings. The quantitative estimate of drug-likeness (QED) is 0.0377. The Morgan fingerprint density at radius 1 is 0.424 bits per heavy atom. The van der Waals surface area contributed by atoms with Crippen molar-refractivity contribution in [2.75, 3.05) is 19.8 Å². The molecule has 0 aromatic carbocycles. The van der Waals surface area contributed by atoms with Crippen molar-refractivity contribution in [1.29, 1.82) is 0 Å². The zero-order chi connectivity index (χ0) is 42.6. The lowest BCUT2D eigenvalue weighted by Gasteiger charge is -2.15. The third kappa shape index (κ3) is 50.1. The second-order valence-corrected chi connectivity index (χ2v) is 16.9. The van der Waals surface area contributed by atoms with Crippen LogP contribution in [0.15, 0.2) is 72.9 Å². The van der Waals surface area contributed by atoms with Gasteiger partial charge in [-0.05, 0) is 64.2 Å². The summed E-state index contributed by atoms with van der Waals surface area (Å²) >= 11 is 0. The van der Waals surface area contributed by atoms with Gasteiger partial charge in [0.25, 0.3) is 0 Å². The molecular weight excluding hydrogens is 725 g/mol. The van der Waals surface area contributed by atoms with Crippen molar-refractivity contribution < 1.29 is 19.4 Å². The standard InChI is InChI=1S/C55H98O4/c1-3-5-7-9-11-13-15-17-19-21-23-25-27-29-31-33-35-37-39-41-43-45-47-49-51-58-53-54(52-56)59-55(57)50-48-46-44-42-40-38-36-34-32-30-28-26-24-22-20-18-16-14-12-10-8-6-4-2/h6,8,12,14,18,20,24,26,30,32,36,38,54,56H,3-5,7,9-11,13,15-17,19,21-23,25,27-29,31,33-35,37,39-53H2,1-2H3/b8-6-,14-12-,20-18-,26-24-,32-30-,38-36-. The highest BCUT2D eigenvalue weighted by molar-refractivity contribution is 5.69. The number of esters is 1. The lowest BCUT2D eigenvalue weighted by Crippen LogP contribution is -2.27. The lowest BCUT2D eigenvalue weighted by molar-refractivity contribution is -0.154. The van der Waals surface area contributed by atoms with Gasteiger partial charge < -0.3 is 14.6 Å². The first kappa shape index (κ1) is 56.8. The molecule has 1 N–H and O–H groups in total. The zero-order valence-corrected chi connectivity index (χ0v) is 39.3. The van der Waals surface area contributed by atoms with Crippen molar-refractivity contribution in [3.8, 4) is 0 Å². The topological polar surface area (TPSA) is 55.8 Å². The number of ether oxygens (including phenoxy) is 2. The summed E-state index contributed by atoms with van der Waals surface area (Å²) in [6.45, 7) is 5.23. The van der Waals surface area contributed by atoms with E-state index in [4.69, 9.17) is 9.47 Å². The van der Waals surface area contributed by atoms with Gasteiger partial charge in [-0.25, -0.2) is 0 Å². The van der Waals surface area contributed by atoms with Crippen molar-refractivity contribution in [3.63, 3.8) is 0 Å². The van der Waals surface area contributed by atoms with Crippen LogP contribution in [0.2, 0.25) is 0 Å². The highest BCUT2D eigenvalue weighted by atomic mass is 16.6. The third-order valence-electron chi connectivity index (χ3n) is 11.0. The second-order valence-electron chi connectivity index (χ2n) is 16.9. The number of carbonyl (C=O) groups is 1. The molecule has 0 amide bonds. The van der Waals surface area contributed by atoms with Crippen molar-refractivity contribution >= 4 is 5.97 Å². The van der Waals surface area contributed by atoms with Gasteiger partial charge in [-0.15, -0.1) is 0 Å². The highest BCUT2D eigenvalue weighted by Gasteiger charge is 2.13. The second kappa shape index (κ2) is 52.0. The molecule has 0 heterocycles. The highest BCUT2D eigenvalue weighted by Crippen LogP contribution is 2.16. The van der Waals surface area contributed by atoms with Crippen LogP contribution < -0.4 is 0 Å². The number of aliphatic hydroxyl groups is 1. The van der Waals surface area contributed by atoms with Gasteiger partial charge in [-0.1, -0.05) is 247 Å². The number of hydrogen-bond donors (Lipinski definition) is 1. The minimum absolute atomic E-state index is 0.183. The van der Waals surface area contributed by atoms with Gasteiger partial charge in [-0.2, -0.15) is 0 Å². The maximum Gasteiger partial charge on any atom is 0.306 e. The Morgan fingerprint density at radius 3 is 1.15 bits per heavy atom. The number of allylic oxidation sites excluding steroid dienone is 12. The molecule has 0 spiro atoms. The Kier molecular flexibility index (Phi) is 50.1. The van der Waals surface area contributed by atoms with Gasteiger partial charge in [0.05, 0.1) is 13.2 Å². The Labute approximate surface area is 367 Å². The van der Waals surface area contributed by atoms with Gasteiger partial charge >= 0.3 is 5.97 Å². The molecule has 0 bridgehead atoms. The summed E-state index contributed by atoms with van der Waals surface area (Å²) in [5.74, 6) is -0.223. The SMILES string of the molecule is CC/C=C\C/C=C\C/C=C\C/C=C\C/C=C\C/C=C\CCCCCCC(=O)OC(CO)COCCCCCCCCCCCCCCCCCCCCCCCCCC. The molecule has 0 aliphatic carbocycles. The van der Waals surface area contributed by atoms with E-state index >= 15 is 0 Å². The van der Waals surface area contributed by atoms with E-state index in [0.29, 0.717) is 13.0 Å². The van der Waals surface area contributed by atoms with Gasteiger partial charge in [0.2, 0.25) is 0 Å². The van der Waals surface area contributed by atoms with E-state index in [9.17, 15) is 9.90 Å². The predicted molar refractivity (Wildman–Crippen MR) is 260 cm³/mol. The molecule has 0 aromatic heterocycles. The van der Waals surface area contributed by atoms with E-state index < -0.39 is 6.10 Å². The maximum absolute atomic E-state index is 12.3. The normalized spacial score (nSPS) is 12.9. The van der Waals surface area contributed by atoms with Crippen LogP contribution in [0, 0.1) is 0 Å². The Morgan fingerprint density at radius 2 is 0.763 bits per heavy atom. The van der Waals surface area contributed by atoms with Crippen LogP contribution in [0.25, 0.3) is 0 Å². The van der Waals surface area contributed by atoms with E-state index in [1.54, 1.807) is 0 Å². The van der Waals surface area contributed by atoms with Gasteiger partial charge in [0.15, 0.2) is 0 Å². The zero-order valence-electron chi connectivity index (χ0n) is 39.3. The summed E-state index contributed by atoms with van der Waals surface area (Å²) in [4.78, 5) is 12.3. The summed E-state index contributed by atoms with van der Waals surface area (Å²) in [6, 6.07) is 0. The largest absolute Gasteiger partial charge is 0.457 e. The summed E-state index contributed by atoms with van der Waals surface area (Å²) in [5, 5.41) is 9.65. The summed E-state index contributed by atoms with van der Waals surface area (Å²) < 4.78 is 11.2. The number of aliphatic hydroxyl groups excluding tert-OH is 1. The molecule has 0 fully saturated rings. The van der Waals surface area contributed by atoms with Crippen molar-refractivity contribution in [2.24, 2.45) is 0 Å². The van der Waals surface area contributed by atoms with Crippen molar-refractivity contribution in [1.82, 2.24) is 0 Å². The Bertz CT molecular complexity index is 1000. The average Bonchev–Trinajstić information content (AvgIpc) is 3.24. The molecule has 0 saturated heterocycles. The van der Waals surface area contributed by atoms with Crippen molar-refractivity contribution in [2.45, 2.75) is 251 Å². The minimum atomic E-state index is -0.551. The monoisotopic (exact) mass is 823 g/mol. The fraction of sp³-hybridized carbons (Fsp3) is 0.764. The average molecular weight is 823 g/mol. The molecule has 0 rings (SSSR count). The molecule has 0 aliphatic heterocycles. The molecule has 4 heteroatoms. The van der Waals surface area contributed by atoms with Crippen LogP contribution in [0.1, 0.15) is 245 Å². The van der Waals surface area contributed by atoms with Crippen LogP contribution in [0.4, 0.5) is 0 Å². The Balaban J connectivity index is 3.46. The molecule has 0 aromatic rings. The molecule has 1 atom stereocenters.